The maximum absolute atomic E-state index is 12.6. The molecule has 0 aliphatic carbocycles. The van der Waals surface area contributed by atoms with Gasteiger partial charge in [-0.3, -0.25) is 4.79 Å². The lowest BCUT2D eigenvalue weighted by molar-refractivity contribution is 0.102. The van der Waals surface area contributed by atoms with Gasteiger partial charge in [-0.25, -0.2) is 4.98 Å². The normalized spacial score (nSPS) is 10.8. The van der Waals surface area contributed by atoms with Crippen molar-refractivity contribution in [2.24, 2.45) is 0 Å². The van der Waals surface area contributed by atoms with Gasteiger partial charge in [0, 0.05) is 11.3 Å². The van der Waals surface area contributed by atoms with Gasteiger partial charge in [0.25, 0.3) is 5.91 Å². The van der Waals surface area contributed by atoms with Crippen molar-refractivity contribution in [1.82, 2.24) is 4.98 Å². The van der Waals surface area contributed by atoms with E-state index in [1.807, 2.05) is 43.3 Å². The molecule has 5 heteroatoms. The summed E-state index contributed by atoms with van der Waals surface area (Å²) in [7, 11) is 0. The summed E-state index contributed by atoms with van der Waals surface area (Å²) in [6.07, 6.45) is 0. The summed E-state index contributed by atoms with van der Waals surface area (Å²) in [5, 5.41) is 4.34. The number of nitrogens with zero attached hydrogens (tertiary/aromatic N) is 1. The first kappa shape index (κ1) is 16.8. The lowest BCUT2D eigenvalue weighted by Gasteiger charge is -2.12. The molecule has 0 unspecified atom stereocenters. The third kappa shape index (κ3) is 3.09. The standard InChI is InChI=1S/C21H15ClN2OS/c1-13-14(21-24-18-10-4-5-12-19(18)26-21)8-6-11-17(13)23-20(25)15-7-2-3-9-16(15)22/h2-12H,1H3,(H,23,25). The molecule has 0 fully saturated rings. The second kappa shape index (κ2) is 6.90. The van der Waals surface area contributed by atoms with Crippen LogP contribution in [0, 0.1) is 6.92 Å². The fourth-order valence-electron chi connectivity index (χ4n) is 2.83. The van der Waals surface area contributed by atoms with E-state index >= 15 is 0 Å². The molecule has 0 saturated carbocycles. The first-order valence-corrected chi connectivity index (χ1v) is 9.34. The van der Waals surface area contributed by atoms with Crippen LogP contribution in [-0.2, 0) is 0 Å². The Morgan fingerprint density at radius 3 is 2.58 bits per heavy atom. The minimum Gasteiger partial charge on any atom is -0.322 e. The molecule has 0 saturated heterocycles. The molecule has 128 valence electrons. The van der Waals surface area contributed by atoms with E-state index in [0.717, 1.165) is 32.0 Å². The maximum atomic E-state index is 12.6. The molecule has 4 aromatic rings. The minimum atomic E-state index is -0.222. The molecule has 0 atom stereocenters. The van der Waals surface area contributed by atoms with Crippen molar-refractivity contribution in [3.05, 3.63) is 82.9 Å². The highest BCUT2D eigenvalue weighted by atomic mass is 35.5. The van der Waals surface area contributed by atoms with E-state index < -0.39 is 0 Å². The van der Waals surface area contributed by atoms with E-state index in [9.17, 15) is 4.79 Å². The van der Waals surface area contributed by atoms with Gasteiger partial charge < -0.3 is 5.32 Å². The van der Waals surface area contributed by atoms with Crippen molar-refractivity contribution in [3.63, 3.8) is 0 Å². The number of carbonyl (C=O) groups is 1. The van der Waals surface area contributed by atoms with Crippen molar-refractivity contribution >= 4 is 44.7 Å². The second-order valence-corrected chi connectivity index (χ2v) is 7.34. The predicted molar refractivity (Wildman–Crippen MR) is 109 cm³/mol. The number of rotatable bonds is 3. The van der Waals surface area contributed by atoms with Crippen molar-refractivity contribution in [2.45, 2.75) is 6.92 Å². The molecule has 26 heavy (non-hydrogen) atoms. The van der Waals surface area contributed by atoms with Crippen molar-refractivity contribution in [2.75, 3.05) is 5.32 Å². The molecule has 0 aliphatic rings. The molecular formula is C21H15ClN2OS. The number of thiazole rings is 1. The van der Waals surface area contributed by atoms with E-state index in [1.165, 1.54) is 0 Å². The number of hydrogen-bond acceptors (Lipinski definition) is 3. The van der Waals surface area contributed by atoms with Crippen LogP contribution < -0.4 is 5.32 Å². The van der Waals surface area contributed by atoms with Crippen molar-refractivity contribution in [3.8, 4) is 10.6 Å². The van der Waals surface area contributed by atoms with Gasteiger partial charge in [-0.2, -0.15) is 0 Å². The molecule has 0 bridgehead atoms. The van der Waals surface area contributed by atoms with Gasteiger partial charge in [-0.05, 0) is 42.8 Å². The summed E-state index contributed by atoms with van der Waals surface area (Å²) >= 11 is 7.77. The largest absolute Gasteiger partial charge is 0.322 e. The van der Waals surface area contributed by atoms with Crippen LogP contribution in [0.5, 0.6) is 0 Å². The van der Waals surface area contributed by atoms with Crippen LogP contribution in [0.25, 0.3) is 20.8 Å². The van der Waals surface area contributed by atoms with Gasteiger partial charge >= 0.3 is 0 Å². The van der Waals surface area contributed by atoms with Gasteiger partial charge in [0.15, 0.2) is 0 Å². The Labute approximate surface area is 160 Å². The lowest BCUT2D eigenvalue weighted by atomic mass is 10.1. The number of nitrogens with one attached hydrogen (secondary N) is 1. The summed E-state index contributed by atoms with van der Waals surface area (Å²) in [4.78, 5) is 17.3. The molecule has 3 nitrogen and oxygen atoms in total. The fourth-order valence-corrected chi connectivity index (χ4v) is 4.09. The first-order valence-electron chi connectivity index (χ1n) is 8.15. The summed E-state index contributed by atoms with van der Waals surface area (Å²) in [5.74, 6) is -0.222. The van der Waals surface area contributed by atoms with Crippen molar-refractivity contribution in [1.29, 1.82) is 0 Å². The Morgan fingerprint density at radius 2 is 1.77 bits per heavy atom. The van der Waals surface area contributed by atoms with Gasteiger partial charge in [0.2, 0.25) is 0 Å². The molecule has 1 amide bonds. The maximum Gasteiger partial charge on any atom is 0.257 e. The minimum absolute atomic E-state index is 0.222. The molecular weight excluding hydrogens is 364 g/mol. The number of anilines is 1. The van der Waals surface area contributed by atoms with E-state index in [4.69, 9.17) is 16.6 Å². The lowest BCUT2D eigenvalue weighted by Crippen LogP contribution is -2.13. The molecule has 1 aromatic heterocycles. The fraction of sp³-hybridized carbons (Fsp3) is 0.0476. The molecule has 0 spiro atoms. The number of fused-ring (bicyclic) bond motifs is 1. The molecule has 0 radical (unpaired) electrons. The molecule has 1 N–H and O–H groups in total. The average Bonchev–Trinajstić information content (AvgIpc) is 3.07. The SMILES string of the molecule is Cc1c(NC(=O)c2ccccc2Cl)cccc1-c1nc2ccccc2s1. The summed E-state index contributed by atoms with van der Waals surface area (Å²) in [6.45, 7) is 1.99. The van der Waals surface area contributed by atoms with E-state index in [0.29, 0.717) is 10.6 Å². The van der Waals surface area contributed by atoms with Gasteiger partial charge in [-0.15, -0.1) is 11.3 Å². The first-order chi connectivity index (χ1) is 12.6. The Balaban J connectivity index is 1.70. The summed E-state index contributed by atoms with van der Waals surface area (Å²) in [6, 6.07) is 20.9. The number of amides is 1. The predicted octanol–water partition coefficient (Wildman–Crippen LogP) is 6.18. The molecule has 3 aromatic carbocycles. The molecule has 4 rings (SSSR count). The average molecular weight is 379 g/mol. The van der Waals surface area contributed by atoms with Gasteiger partial charge in [-0.1, -0.05) is 48.0 Å². The zero-order valence-electron chi connectivity index (χ0n) is 14.0. The number of carbonyl (C=O) groups excluding carboxylic acids is 1. The number of aromatic nitrogens is 1. The van der Waals surface area contributed by atoms with Crippen LogP contribution in [0.3, 0.4) is 0 Å². The smallest absolute Gasteiger partial charge is 0.257 e. The third-order valence-electron chi connectivity index (χ3n) is 4.22. The van der Waals surface area contributed by atoms with E-state index in [2.05, 4.69) is 11.4 Å². The highest BCUT2D eigenvalue weighted by Gasteiger charge is 2.14. The van der Waals surface area contributed by atoms with Gasteiger partial charge in [0.1, 0.15) is 5.01 Å². The van der Waals surface area contributed by atoms with Crippen LogP contribution in [0.15, 0.2) is 66.7 Å². The highest BCUT2D eigenvalue weighted by molar-refractivity contribution is 7.21. The van der Waals surface area contributed by atoms with Crippen LogP contribution in [0.1, 0.15) is 15.9 Å². The number of halogens is 1. The van der Waals surface area contributed by atoms with Crippen LogP contribution >= 0.6 is 22.9 Å². The third-order valence-corrected chi connectivity index (χ3v) is 5.62. The second-order valence-electron chi connectivity index (χ2n) is 5.90. The van der Waals surface area contributed by atoms with E-state index in [1.54, 1.807) is 35.6 Å². The van der Waals surface area contributed by atoms with Crippen LogP contribution in [0.2, 0.25) is 5.02 Å². The van der Waals surface area contributed by atoms with Crippen molar-refractivity contribution < 1.29 is 4.79 Å². The quantitative estimate of drug-likeness (QED) is 0.462. The molecule has 0 aliphatic heterocycles. The Morgan fingerprint density at radius 1 is 1.00 bits per heavy atom. The monoisotopic (exact) mass is 378 g/mol. The number of hydrogen-bond donors (Lipinski definition) is 1. The topological polar surface area (TPSA) is 42.0 Å². The van der Waals surface area contributed by atoms with Crippen LogP contribution in [-0.4, -0.2) is 10.9 Å². The Hall–Kier alpha value is -2.69. The highest BCUT2D eigenvalue weighted by Crippen LogP contribution is 2.34. The molecule has 1 heterocycles. The zero-order valence-corrected chi connectivity index (χ0v) is 15.6. The van der Waals surface area contributed by atoms with E-state index in [-0.39, 0.29) is 5.91 Å². The summed E-state index contributed by atoms with van der Waals surface area (Å²) < 4.78 is 1.15. The van der Waals surface area contributed by atoms with Gasteiger partial charge in [0.05, 0.1) is 20.8 Å². The van der Waals surface area contributed by atoms with Crippen LogP contribution in [0.4, 0.5) is 5.69 Å². The Bertz CT molecular complexity index is 1090. The number of para-hydroxylation sites is 1. The zero-order chi connectivity index (χ0) is 18.1. The summed E-state index contributed by atoms with van der Waals surface area (Å²) in [5.41, 5.74) is 4.19. The number of benzene rings is 3. The Kier molecular flexibility index (Phi) is 4.45.